The first-order chi connectivity index (χ1) is 11.3. The average molecular weight is 335 g/mol. The normalized spacial score (nSPS) is 11.9. The van der Waals surface area contributed by atoms with Crippen molar-refractivity contribution in [2.24, 2.45) is 0 Å². The lowest BCUT2D eigenvalue weighted by Crippen LogP contribution is -2.13. The minimum absolute atomic E-state index is 0.177. The predicted octanol–water partition coefficient (Wildman–Crippen LogP) is 3.27. The molecule has 3 rings (SSSR count). The molecule has 0 N–H and O–H groups in total. The predicted molar refractivity (Wildman–Crippen MR) is 84.9 cm³/mol. The molecular weight excluding hydrogens is 319 g/mol. The summed E-state index contributed by atoms with van der Waals surface area (Å²) in [6, 6.07) is 7.66. The van der Waals surface area contributed by atoms with Gasteiger partial charge >= 0.3 is 6.18 Å². The van der Waals surface area contributed by atoms with Crippen LogP contribution in [0, 0.1) is 6.92 Å². The number of pyridine rings is 1. The molecule has 5 nitrogen and oxygen atoms in total. The molecule has 0 bridgehead atoms. The zero-order valence-electron chi connectivity index (χ0n) is 13.5. The average Bonchev–Trinajstić information content (AvgIpc) is 2.88. The number of aromatic nitrogens is 4. The van der Waals surface area contributed by atoms with Gasteiger partial charge in [0.25, 0.3) is 5.82 Å². The number of fused-ring (bicyclic) bond motifs is 1. The van der Waals surface area contributed by atoms with Crippen molar-refractivity contribution >= 4 is 16.6 Å². The lowest BCUT2D eigenvalue weighted by atomic mass is 10.1. The van der Waals surface area contributed by atoms with Gasteiger partial charge in [0.05, 0.1) is 6.54 Å². The summed E-state index contributed by atoms with van der Waals surface area (Å²) in [5.74, 6) is -0.106. The van der Waals surface area contributed by atoms with Crippen LogP contribution in [0.4, 0.5) is 19.0 Å². The zero-order chi connectivity index (χ0) is 17.5. The molecule has 3 aromatic rings. The van der Waals surface area contributed by atoms with Crippen LogP contribution in [0.5, 0.6) is 0 Å². The smallest absolute Gasteiger partial charge is 0.362 e. The second-order valence-corrected chi connectivity index (χ2v) is 5.69. The second-order valence-electron chi connectivity index (χ2n) is 5.69. The van der Waals surface area contributed by atoms with Gasteiger partial charge in [0, 0.05) is 25.7 Å². The molecule has 8 heteroatoms. The number of benzene rings is 1. The Morgan fingerprint density at radius 1 is 1.12 bits per heavy atom. The fourth-order valence-corrected chi connectivity index (χ4v) is 2.57. The van der Waals surface area contributed by atoms with Crippen LogP contribution in [0.15, 0.2) is 30.5 Å². The Bertz CT molecular complexity index is 883. The fraction of sp³-hybridized carbons (Fsp3) is 0.312. The number of anilines is 1. The lowest BCUT2D eigenvalue weighted by Gasteiger charge is -2.16. The molecule has 2 aromatic heterocycles. The van der Waals surface area contributed by atoms with Crippen LogP contribution >= 0.6 is 0 Å². The summed E-state index contributed by atoms with van der Waals surface area (Å²) in [5, 5.41) is 5.45. The third kappa shape index (κ3) is 2.91. The van der Waals surface area contributed by atoms with Crippen LogP contribution in [-0.2, 0) is 12.7 Å². The number of hydrogen-bond donors (Lipinski definition) is 0. The topological polar surface area (TPSA) is 46.8 Å². The van der Waals surface area contributed by atoms with Crippen molar-refractivity contribution in [2.45, 2.75) is 19.6 Å². The molecular formula is C16H16F3N5. The van der Waals surface area contributed by atoms with Crippen LogP contribution in [-0.4, -0.2) is 33.8 Å². The Morgan fingerprint density at radius 3 is 2.38 bits per heavy atom. The minimum atomic E-state index is -4.55. The first-order valence-corrected chi connectivity index (χ1v) is 7.30. The molecule has 0 unspecified atom stereocenters. The lowest BCUT2D eigenvalue weighted by molar-refractivity contribution is -0.145. The largest absolute Gasteiger partial charge is 0.453 e. The molecule has 0 radical (unpaired) electrons. The molecule has 0 atom stereocenters. The van der Waals surface area contributed by atoms with Gasteiger partial charge in [-0.3, -0.25) is 0 Å². The number of alkyl halides is 3. The van der Waals surface area contributed by atoms with E-state index in [1.165, 1.54) is 11.6 Å². The van der Waals surface area contributed by atoms with E-state index in [2.05, 4.69) is 15.1 Å². The van der Waals surface area contributed by atoms with Crippen molar-refractivity contribution in [3.63, 3.8) is 0 Å². The maximum absolute atomic E-state index is 12.8. The van der Waals surface area contributed by atoms with E-state index in [1.54, 1.807) is 6.20 Å². The highest BCUT2D eigenvalue weighted by molar-refractivity contribution is 5.94. The molecule has 126 valence electrons. The molecule has 24 heavy (non-hydrogen) atoms. The molecule has 0 spiro atoms. The molecule has 0 saturated heterocycles. The Morgan fingerprint density at radius 2 is 1.79 bits per heavy atom. The highest BCUT2D eigenvalue weighted by atomic mass is 19.4. The van der Waals surface area contributed by atoms with Crippen LogP contribution < -0.4 is 4.90 Å². The third-order valence-electron chi connectivity index (χ3n) is 3.71. The van der Waals surface area contributed by atoms with Gasteiger partial charge in [-0.15, -0.1) is 5.10 Å². The van der Waals surface area contributed by atoms with Crippen molar-refractivity contribution < 1.29 is 13.2 Å². The molecule has 1 aromatic carbocycles. The number of nitrogens with zero attached hydrogens (tertiary/aromatic N) is 5. The quantitative estimate of drug-likeness (QED) is 0.737. The van der Waals surface area contributed by atoms with Gasteiger partial charge in [-0.2, -0.15) is 13.2 Å². The van der Waals surface area contributed by atoms with E-state index in [9.17, 15) is 13.2 Å². The fourth-order valence-electron chi connectivity index (χ4n) is 2.57. The summed E-state index contributed by atoms with van der Waals surface area (Å²) in [4.78, 5) is 9.83. The maximum atomic E-state index is 12.8. The minimum Gasteiger partial charge on any atom is -0.362 e. The maximum Gasteiger partial charge on any atom is 0.453 e. The highest BCUT2D eigenvalue weighted by Gasteiger charge is 2.36. The van der Waals surface area contributed by atoms with Crippen LogP contribution in [0.3, 0.4) is 0 Å². The van der Waals surface area contributed by atoms with Gasteiger partial charge in [0.2, 0.25) is 0 Å². The van der Waals surface area contributed by atoms with Gasteiger partial charge in [0.1, 0.15) is 11.6 Å². The van der Waals surface area contributed by atoms with E-state index in [-0.39, 0.29) is 12.4 Å². The highest BCUT2D eigenvalue weighted by Crippen LogP contribution is 2.28. The SMILES string of the molecule is Cc1nc(C(F)(F)F)nn1Cc1cnc(N(C)C)c2ccccc12. The van der Waals surface area contributed by atoms with E-state index in [4.69, 9.17) is 0 Å². The third-order valence-corrected chi connectivity index (χ3v) is 3.71. The monoisotopic (exact) mass is 335 g/mol. The summed E-state index contributed by atoms with van der Waals surface area (Å²) < 4.78 is 39.5. The summed E-state index contributed by atoms with van der Waals surface area (Å²) in [5.41, 5.74) is 0.790. The van der Waals surface area contributed by atoms with E-state index < -0.39 is 12.0 Å². The Balaban J connectivity index is 2.06. The van der Waals surface area contributed by atoms with Crippen LogP contribution in [0.1, 0.15) is 17.2 Å². The zero-order valence-corrected chi connectivity index (χ0v) is 13.5. The van der Waals surface area contributed by atoms with Crippen molar-refractivity contribution in [3.8, 4) is 0 Å². The first kappa shape index (κ1) is 16.2. The molecule has 0 amide bonds. The summed E-state index contributed by atoms with van der Waals surface area (Å²) in [7, 11) is 3.79. The van der Waals surface area contributed by atoms with Gasteiger partial charge in [-0.1, -0.05) is 24.3 Å². The van der Waals surface area contributed by atoms with Crippen LogP contribution in [0.2, 0.25) is 0 Å². The Labute approximate surface area is 136 Å². The number of rotatable bonds is 3. The standard InChI is InChI=1S/C16H16F3N5/c1-10-21-15(16(17,18)19)22-24(10)9-11-8-20-14(23(2)3)13-7-5-4-6-12(11)13/h4-8H,9H2,1-3H3. The van der Waals surface area contributed by atoms with Crippen LogP contribution in [0.25, 0.3) is 10.8 Å². The summed E-state index contributed by atoms with van der Waals surface area (Å²) >= 11 is 0. The number of halogens is 3. The van der Waals surface area contributed by atoms with Gasteiger partial charge in [0.15, 0.2) is 0 Å². The second kappa shape index (κ2) is 5.77. The van der Waals surface area contributed by atoms with E-state index in [0.717, 1.165) is 22.2 Å². The van der Waals surface area contributed by atoms with E-state index in [0.29, 0.717) is 0 Å². The first-order valence-electron chi connectivity index (χ1n) is 7.30. The van der Waals surface area contributed by atoms with Crippen molar-refractivity contribution in [1.29, 1.82) is 0 Å². The summed E-state index contributed by atoms with van der Waals surface area (Å²) in [6.45, 7) is 1.68. The molecule has 2 heterocycles. The van der Waals surface area contributed by atoms with Crippen molar-refractivity contribution in [3.05, 3.63) is 47.7 Å². The molecule has 0 aliphatic carbocycles. The molecule has 0 aliphatic rings. The molecule has 0 saturated carbocycles. The number of hydrogen-bond acceptors (Lipinski definition) is 4. The van der Waals surface area contributed by atoms with Gasteiger partial charge in [-0.05, 0) is 17.9 Å². The van der Waals surface area contributed by atoms with Gasteiger partial charge < -0.3 is 4.90 Å². The number of aryl methyl sites for hydroxylation is 1. The molecule has 0 aliphatic heterocycles. The van der Waals surface area contributed by atoms with Crippen molar-refractivity contribution in [1.82, 2.24) is 19.7 Å². The van der Waals surface area contributed by atoms with Crippen molar-refractivity contribution in [2.75, 3.05) is 19.0 Å². The van der Waals surface area contributed by atoms with E-state index >= 15 is 0 Å². The van der Waals surface area contributed by atoms with Gasteiger partial charge in [-0.25, -0.2) is 14.6 Å². The Kier molecular flexibility index (Phi) is 3.90. The summed E-state index contributed by atoms with van der Waals surface area (Å²) in [6.07, 6.45) is -2.88. The van der Waals surface area contributed by atoms with E-state index in [1.807, 2.05) is 43.3 Å². The molecule has 0 fully saturated rings. The Hall–Kier alpha value is -2.64.